The number of furan rings is 1. The van der Waals surface area contributed by atoms with Crippen molar-refractivity contribution in [1.82, 2.24) is 20.4 Å². The first-order valence-corrected chi connectivity index (χ1v) is 10.7. The van der Waals surface area contributed by atoms with Gasteiger partial charge in [-0.25, -0.2) is 0 Å². The van der Waals surface area contributed by atoms with Gasteiger partial charge in [0.05, 0.1) is 18.8 Å². The van der Waals surface area contributed by atoms with E-state index in [9.17, 15) is 4.79 Å². The minimum absolute atomic E-state index is 0.0476. The van der Waals surface area contributed by atoms with E-state index in [2.05, 4.69) is 20.5 Å². The Morgan fingerprint density at radius 1 is 1.17 bits per heavy atom. The summed E-state index contributed by atoms with van der Waals surface area (Å²) in [5.41, 5.74) is 1.13. The van der Waals surface area contributed by atoms with Gasteiger partial charge in [-0.2, -0.15) is 0 Å². The maximum Gasteiger partial charge on any atom is 0.242 e. The first-order valence-electron chi connectivity index (χ1n) is 10.7. The van der Waals surface area contributed by atoms with Gasteiger partial charge < -0.3 is 20.0 Å². The SMILES string of the molecule is CCN(Cc1ccccc1)C(=O)CNC(=NC)NCC(c1ccco1)N1CCCC1. The van der Waals surface area contributed by atoms with Crippen molar-refractivity contribution in [2.45, 2.75) is 32.4 Å². The summed E-state index contributed by atoms with van der Waals surface area (Å²) in [7, 11) is 1.72. The van der Waals surface area contributed by atoms with Crippen LogP contribution < -0.4 is 10.6 Å². The van der Waals surface area contributed by atoms with Crippen LogP contribution in [0.25, 0.3) is 0 Å². The summed E-state index contributed by atoms with van der Waals surface area (Å²) in [5, 5.41) is 6.52. The van der Waals surface area contributed by atoms with Crippen molar-refractivity contribution in [2.75, 3.05) is 39.8 Å². The average Bonchev–Trinajstić information content (AvgIpc) is 3.50. The minimum atomic E-state index is 0.0476. The standard InChI is InChI=1S/C23H33N5O2/c1-3-27(18-19-10-5-4-6-11-19)22(29)17-26-23(24-2)25-16-20(21-12-9-15-30-21)28-13-7-8-14-28/h4-6,9-12,15,20H,3,7-8,13-14,16-18H2,1-2H3,(H2,24,25,26). The van der Waals surface area contributed by atoms with Gasteiger partial charge in [0.1, 0.15) is 5.76 Å². The lowest BCUT2D eigenvalue weighted by Gasteiger charge is -2.27. The quantitative estimate of drug-likeness (QED) is 0.490. The number of carbonyl (C=O) groups is 1. The van der Waals surface area contributed by atoms with Crippen LogP contribution in [0.2, 0.25) is 0 Å². The number of guanidine groups is 1. The van der Waals surface area contributed by atoms with Crippen LogP contribution in [-0.2, 0) is 11.3 Å². The van der Waals surface area contributed by atoms with Crippen molar-refractivity contribution in [3.05, 3.63) is 60.1 Å². The molecule has 1 amide bonds. The molecule has 7 nitrogen and oxygen atoms in total. The van der Waals surface area contributed by atoms with E-state index in [1.54, 1.807) is 13.3 Å². The van der Waals surface area contributed by atoms with Crippen molar-refractivity contribution in [2.24, 2.45) is 4.99 Å². The molecule has 30 heavy (non-hydrogen) atoms. The van der Waals surface area contributed by atoms with Crippen LogP contribution in [0.1, 0.15) is 37.1 Å². The molecule has 3 rings (SSSR count). The molecule has 0 aliphatic carbocycles. The highest BCUT2D eigenvalue weighted by atomic mass is 16.3. The maximum absolute atomic E-state index is 12.7. The number of hydrogen-bond donors (Lipinski definition) is 2. The predicted molar refractivity (Wildman–Crippen MR) is 119 cm³/mol. The molecule has 0 bridgehead atoms. The summed E-state index contributed by atoms with van der Waals surface area (Å²) < 4.78 is 5.67. The molecule has 2 aromatic rings. The van der Waals surface area contributed by atoms with Crippen LogP contribution >= 0.6 is 0 Å². The van der Waals surface area contributed by atoms with Crippen molar-refractivity contribution in [1.29, 1.82) is 0 Å². The zero-order valence-electron chi connectivity index (χ0n) is 18.0. The van der Waals surface area contributed by atoms with Crippen molar-refractivity contribution in [3.8, 4) is 0 Å². The van der Waals surface area contributed by atoms with E-state index in [0.717, 1.165) is 24.4 Å². The van der Waals surface area contributed by atoms with Crippen LogP contribution in [0, 0.1) is 0 Å². The van der Waals surface area contributed by atoms with E-state index >= 15 is 0 Å². The smallest absolute Gasteiger partial charge is 0.242 e. The van der Waals surface area contributed by atoms with Gasteiger partial charge in [-0.05, 0) is 50.6 Å². The molecule has 1 aliphatic heterocycles. The number of nitrogens with zero attached hydrogens (tertiary/aromatic N) is 3. The molecule has 7 heteroatoms. The summed E-state index contributed by atoms with van der Waals surface area (Å²) in [5.74, 6) is 1.62. The molecule has 1 aliphatic rings. The number of aliphatic imine (C=N–C) groups is 1. The highest BCUT2D eigenvalue weighted by Gasteiger charge is 2.25. The largest absolute Gasteiger partial charge is 0.468 e. The number of amides is 1. The second kappa shape index (κ2) is 11.4. The molecule has 2 heterocycles. The van der Waals surface area contributed by atoms with Crippen LogP contribution in [0.3, 0.4) is 0 Å². The number of hydrogen-bond acceptors (Lipinski definition) is 4. The van der Waals surface area contributed by atoms with E-state index in [4.69, 9.17) is 4.42 Å². The molecular formula is C23H33N5O2. The van der Waals surface area contributed by atoms with Gasteiger partial charge in [0, 0.05) is 26.7 Å². The number of nitrogens with one attached hydrogen (secondary N) is 2. The Morgan fingerprint density at radius 2 is 1.93 bits per heavy atom. The molecule has 1 aromatic carbocycles. The van der Waals surface area contributed by atoms with E-state index in [1.165, 1.54) is 12.8 Å². The summed E-state index contributed by atoms with van der Waals surface area (Å²) in [6, 6.07) is 14.1. The molecule has 1 aromatic heterocycles. The predicted octanol–water partition coefficient (Wildman–Crippen LogP) is 2.63. The van der Waals surface area contributed by atoms with E-state index in [1.807, 2.05) is 54.3 Å². The lowest BCUT2D eigenvalue weighted by molar-refractivity contribution is -0.130. The molecule has 0 radical (unpaired) electrons. The van der Waals surface area contributed by atoms with E-state index in [0.29, 0.717) is 25.6 Å². The number of carbonyl (C=O) groups excluding carboxylic acids is 1. The van der Waals surface area contributed by atoms with Gasteiger partial charge in [0.15, 0.2) is 5.96 Å². The zero-order chi connectivity index (χ0) is 21.2. The first kappa shape index (κ1) is 21.9. The first-order chi connectivity index (χ1) is 14.7. The third-order valence-electron chi connectivity index (χ3n) is 5.50. The lowest BCUT2D eigenvalue weighted by Crippen LogP contribution is -2.46. The van der Waals surface area contributed by atoms with Gasteiger partial charge in [-0.3, -0.25) is 14.7 Å². The van der Waals surface area contributed by atoms with Crippen molar-refractivity contribution >= 4 is 11.9 Å². The van der Waals surface area contributed by atoms with E-state index in [-0.39, 0.29) is 18.5 Å². The second-order valence-electron chi connectivity index (χ2n) is 7.47. The van der Waals surface area contributed by atoms with Crippen LogP contribution in [0.5, 0.6) is 0 Å². The summed E-state index contributed by atoms with van der Waals surface area (Å²) in [4.78, 5) is 21.2. The molecular weight excluding hydrogens is 378 g/mol. The highest BCUT2D eigenvalue weighted by Crippen LogP contribution is 2.24. The summed E-state index contributed by atoms with van der Waals surface area (Å²) >= 11 is 0. The molecule has 1 atom stereocenters. The maximum atomic E-state index is 12.7. The Labute approximate surface area is 179 Å². The summed E-state index contributed by atoms with van der Waals surface area (Å²) in [6.45, 7) is 6.29. The lowest BCUT2D eigenvalue weighted by atomic mass is 10.2. The van der Waals surface area contributed by atoms with Crippen LogP contribution in [-0.4, -0.2) is 61.4 Å². The van der Waals surface area contributed by atoms with Crippen molar-refractivity contribution in [3.63, 3.8) is 0 Å². The Kier molecular flexibility index (Phi) is 8.32. The normalized spacial score (nSPS) is 15.7. The fourth-order valence-electron chi connectivity index (χ4n) is 3.81. The van der Waals surface area contributed by atoms with Crippen molar-refractivity contribution < 1.29 is 9.21 Å². The molecule has 0 saturated carbocycles. The van der Waals surface area contributed by atoms with Gasteiger partial charge >= 0.3 is 0 Å². The van der Waals surface area contributed by atoms with Gasteiger partial charge in [-0.1, -0.05) is 30.3 Å². The fraction of sp³-hybridized carbons (Fsp3) is 0.478. The van der Waals surface area contributed by atoms with Crippen LogP contribution in [0.15, 0.2) is 58.1 Å². The molecule has 1 unspecified atom stereocenters. The Hall–Kier alpha value is -2.80. The number of benzene rings is 1. The zero-order valence-corrected chi connectivity index (χ0v) is 18.0. The van der Waals surface area contributed by atoms with Gasteiger partial charge in [0.2, 0.25) is 5.91 Å². The molecule has 2 N–H and O–H groups in total. The number of rotatable bonds is 9. The van der Waals surface area contributed by atoms with E-state index < -0.39 is 0 Å². The fourth-order valence-corrected chi connectivity index (χ4v) is 3.81. The second-order valence-corrected chi connectivity index (χ2v) is 7.47. The third kappa shape index (κ3) is 6.10. The Morgan fingerprint density at radius 3 is 2.57 bits per heavy atom. The van der Waals surface area contributed by atoms with Gasteiger partial charge in [-0.15, -0.1) is 0 Å². The Balaban J connectivity index is 1.51. The molecule has 1 saturated heterocycles. The average molecular weight is 412 g/mol. The topological polar surface area (TPSA) is 73.1 Å². The third-order valence-corrected chi connectivity index (χ3v) is 5.50. The number of likely N-dealkylation sites (N-methyl/N-ethyl adjacent to an activating group) is 1. The van der Waals surface area contributed by atoms with Crippen LogP contribution in [0.4, 0.5) is 0 Å². The molecule has 162 valence electrons. The number of likely N-dealkylation sites (tertiary alicyclic amines) is 1. The molecule has 1 fully saturated rings. The Bertz CT molecular complexity index is 785. The monoisotopic (exact) mass is 411 g/mol. The van der Waals surface area contributed by atoms with Gasteiger partial charge in [0.25, 0.3) is 0 Å². The minimum Gasteiger partial charge on any atom is -0.468 e. The highest BCUT2D eigenvalue weighted by molar-refractivity contribution is 5.86. The summed E-state index contributed by atoms with van der Waals surface area (Å²) in [6.07, 6.45) is 4.15. The molecule has 0 spiro atoms.